The maximum Gasteiger partial charge on any atom is 0.310 e. The number of hydrogen-bond acceptors (Lipinski definition) is 4. The van der Waals surface area contributed by atoms with Crippen LogP contribution in [0.1, 0.15) is 23.0 Å². The van der Waals surface area contributed by atoms with E-state index in [4.69, 9.17) is 9.47 Å². The van der Waals surface area contributed by atoms with Gasteiger partial charge in [-0.25, -0.2) is 0 Å². The molecule has 1 saturated carbocycles. The SMILES string of the molecule is C=CCOC(=O)[C@@H]1[C@@H](C(=O)OCC=C)[C@H](c2ccccc2)[C@H]1c1ccccc1. The van der Waals surface area contributed by atoms with E-state index in [1.54, 1.807) is 0 Å². The van der Waals surface area contributed by atoms with Crippen molar-refractivity contribution in [3.05, 3.63) is 97.1 Å². The summed E-state index contributed by atoms with van der Waals surface area (Å²) in [6, 6.07) is 19.6. The van der Waals surface area contributed by atoms with Crippen molar-refractivity contribution in [2.75, 3.05) is 13.2 Å². The molecule has 0 aromatic heterocycles. The Balaban J connectivity index is 2.01. The number of carbonyl (C=O) groups is 2. The molecule has 4 heteroatoms. The summed E-state index contributed by atoms with van der Waals surface area (Å²) in [5, 5.41) is 0. The van der Waals surface area contributed by atoms with Gasteiger partial charge in [0.25, 0.3) is 0 Å². The number of ether oxygens (including phenoxy) is 2. The van der Waals surface area contributed by atoms with Crippen LogP contribution in [0.4, 0.5) is 0 Å². The largest absolute Gasteiger partial charge is 0.461 e. The molecule has 4 atom stereocenters. The highest BCUT2D eigenvalue weighted by Gasteiger charge is 2.59. The third-order valence-electron chi connectivity index (χ3n) is 5.15. The van der Waals surface area contributed by atoms with Crippen molar-refractivity contribution in [1.29, 1.82) is 0 Å². The zero-order chi connectivity index (χ0) is 19.9. The first-order valence-corrected chi connectivity index (χ1v) is 9.34. The van der Waals surface area contributed by atoms with Crippen LogP contribution in [0.15, 0.2) is 86.0 Å². The van der Waals surface area contributed by atoms with E-state index in [1.807, 2.05) is 60.7 Å². The summed E-state index contributed by atoms with van der Waals surface area (Å²) in [7, 11) is 0. The minimum atomic E-state index is -0.607. The monoisotopic (exact) mass is 376 g/mol. The molecule has 0 bridgehead atoms. The van der Waals surface area contributed by atoms with Gasteiger partial charge in [-0.2, -0.15) is 0 Å². The summed E-state index contributed by atoms with van der Waals surface area (Å²) < 4.78 is 10.7. The fraction of sp³-hybridized carbons (Fsp3) is 0.250. The lowest BCUT2D eigenvalue weighted by Crippen LogP contribution is -2.52. The third kappa shape index (κ3) is 3.91. The van der Waals surface area contributed by atoms with Gasteiger partial charge in [0, 0.05) is 11.8 Å². The van der Waals surface area contributed by atoms with E-state index in [1.165, 1.54) is 12.2 Å². The second kappa shape index (κ2) is 9.18. The van der Waals surface area contributed by atoms with Crippen LogP contribution in [0.5, 0.6) is 0 Å². The van der Waals surface area contributed by atoms with Gasteiger partial charge >= 0.3 is 11.9 Å². The standard InChI is InChI=1S/C24H24O4/c1-3-15-27-23(25)21-19(17-11-7-5-8-12-17)20(18-13-9-6-10-14-18)22(21)24(26)28-16-4-2/h3-14,19-22H,1-2,15-16H2/t19-,20-,21+,22+/m1/s1. The van der Waals surface area contributed by atoms with Crippen molar-refractivity contribution in [1.82, 2.24) is 0 Å². The number of esters is 2. The van der Waals surface area contributed by atoms with Gasteiger partial charge in [0.1, 0.15) is 13.2 Å². The van der Waals surface area contributed by atoms with Crippen LogP contribution >= 0.6 is 0 Å². The van der Waals surface area contributed by atoms with Crippen LogP contribution in [0.3, 0.4) is 0 Å². The zero-order valence-corrected chi connectivity index (χ0v) is 15.7. The Bertz CT molecular complexity index is 757. The summed E-state index contributed by atoms with van der Waals surface area (Å²) in [4.78, 5) is 25.7. The van der Waals surface area contributed by atoms with Crippen molar-refractivity contribution in [3.63, 3.8) is 0 Å². The number of carbonyl (C=O) groups excluding carboxylic acids is 2. The number of rotatable bonds is 8. The smallest absolute Gasteiger partial charge is 0.310 e. The molecule has 1 aliphatic carbocycles. The van der Waals surface area contributed by atoms with Crippen LogP contribution in [-0.2, 0) is 19.1 Å². The molecule has 3 rings (SSSR count). The highest BCUT2D eigenvalue weighted by molar-refractivity contribution is 5.87. The molecule has 0 spiro atoms. The Morgan fingerprint density at radius 3 is 1.39 bits per heavy atom. The molecule has 0 amide bonds. The summed E-state index contributed by atoms with van der Waals surface area (Å²) in [6.07, 6.45) is 3.04. The summed E-state index contributed by atoms with van der Waals surface area (Å²) in [6.45, 7) is 7.41. The van der Waals surface area contributed by atoms with Crippen LogP contribution in [0, 0.1) is 11.8 Å². The lowest BCUT2D eigenvalue weighted by molar-refractivity contribution is -0.170. The van der Waals surface area contributed by atoms with Gasteiger partial charge < -0.3 is 9.47 Å². The van der Waals surface area contributed by atoms with Gasteiger partial charge in [0.15, 0.2) is 0 Å². The number of benzene rings is 2. The van der Waals surface area contributed by atoms with Crippen molar-refractivity contribution in [2.24, 2.45) is 11.8 Å². The van der Waals surface area contributed by atoms with Crippen LogP contribution in [-0.4, -0.2) is 25.2 Å². The summed E-state index contributed by atoms with van der Waals surface area (Å²) in [5.41, 5.74) is 2.01. The molecule has 28 heavy (non-hydrogen) atoms. The molecule has 2 aromatic carbocycles. The molecule has 0 heterocycles. The lowest BCUT2D eigenvalue weighted by atomic mass is 9.52. The molecule has 2 aromatic rings. The molecule has 0 radical (unpaired) electrons. The van der Waals surface area contributed by atoms with Gasteiger partial charge in [-0.1, -0.05) is 86.0 Å². The summed E-state index contributed by atoms with van der Waals surface area (Å²) in [5.74, 6) is -2.35. The highest BCUT2D eigenvalue weighted by atomic mass is 16.5. The Morgan fingerprint density at radius 2 is 1.07 bits per heavy atom. The normalized spacial score (nSPS) is 23.1. The van der Waals surface area contributed by atoms with E-state index < -0.39 is 23.8 Å². The van der Waals surface area contributed by atoms with Crippen LogP contribution in [0.2, 0.25) is 0 Å². The average molecular weight is 376 g/mol. The Labute approximate surface area is 165 Å². The maximum atomic E-state index is 12.8. The highest BCUT2D eigenvalue weighted by Crippen LogP contribution is 2.58. The van der Waals surface area contributed by atoms with Crippen LogP contribution < -0.4 is 0 Å². The van der Waals surface area contributed by atoms with Gasteiger partial charge in [-0.15, -0.1) is 0 Å². The van der Waals surface area contributed by atoms with E-state index in [0.717, 1.165) is 11.1 Å². The van der Waals surface area contributed by atoms with E-state index in [0.29, 0.717) is 0 Å². The van der Waals surface area contributed by atoms with Crippen molar-refractivity contribution in [3.8, 4) is 0 Å². The Hall–Kier alpha value is -3.14. The second-order valence-corrected chi connectivity index (χ2v) is 6.76. The average Bonchev–Trinajstić information content (AvgIpc) is 2.71. The topological polar surface area (TPSA) is 52.6 Å². The minimum Gasteiger partial charge on any atom is -0.461 e. The van der Waals surface area contributed by atoms with Crippen molar-refractivity contribution >= 4 is 11.9 Å². The van der Waals surface area contributed by atoms with Crippen LogP contribution in [0.25, 0.3) is 0 Å². The summed E-state index contributed by atoms with van der Waals surface area (Å²) >= 11 is 0. The first-order valence-electron chi connectivity index (χ1n) is 9.34. The van der Waals surface area contributed by atoms with Gasteiger partial charge in [0.2, 0.25) is 0 Å². The number of hydrogen-bond donors (Lipinski definition) is 0. The predicted molar refractivity (Wildman–Crippen MR) is 108 cm³/mol. The second-order valence-electron chi connectivity index (χ2n) is 6.76. The molecule has 0 saturated heterocycles. The first-order chi connectivity index (χ1) is 13.7. The van der Waals surface area contributed by atoms with E-state index >= 15 is 0 Å². The zero-order valence-electron chi connectivity index (χ0n) is 15.7. The van der Waals surface area contributed by atoms with E-state index in [2.05, 4.69) is 13.2 Å². The van der Waals surface area contributed by atoms with E-state index in [-0.39, 0.29) is 25.0 Å². The van der Waals surface area contributed by atoms with Gasteiger partial charge in [0.05, 0.1) is 11.8 Å². The lowest BCUT2D eigenvalue weighted by Gasteiger charge is -2.49. The molecule has 1 aliphatic rings. The minimum absolute atomic E-state index is 0.112. The van der Waals surface area contributed by atoms with Crippen molar-refractivity contribution in [2.45, 2.75) is 11.8 Å². The molecule has 0 aliphatic heterocycles. The Morgan fingerprint density at radius 1 is 0.714 bits per heavy atom. The molecular formula is C24H24O4. The fourth-order valence-electron chi connectivity index (χ4n) is 3.99. The third-order valence-corrected chi connectivity index (χ3v) is 5.15. The molecule has 0 N–H and O–H groups in total. The Kier molecular flexibility index (Phi) is 6.43. The molecular weight excluding hydrogens is 352 g/mol. The molecule has 1 fully saturated rings. The molecule has 144 valence electrons. The molecule has 4 nitrogen and oxygen atoms in total. The predicted octanol–water partition coefficient (Wildman–Crippen LogP) is 4.26. The fourth-order valence-corrected chi connectivity index (χ4v) is 3.99. The van der Waals surface area contributed by atoms with Gasteiger partial charge in [-0.05, 0) is 11.1 Å². The van der Waals surface area contributed by atoms with Gasteiger partial charge in [-0.3, -0.25) is 9.59 Å². The maximum absolute atomic E-state index is 12.8. The van der Waals surface area contributed by atoms with E-state index in [9.17, 15) is 9.59 Å². The first kappa shape index (κ1) is 19.6. The van der Waals surface area contributed by atoms with Crippen molar-refractivity contribution < 1.29 is 19.1 Å². The quantitative estimate of drug-likeness (QED) is 0.510. The molecule has 0 unspecified atom stereocenters.